The van der Waals surface area contributed by atoms with Crippen molar-refractivity contribution in [1.29, 1.82) is 0 Å². The number of rotatable bonds is 4. The zero-order chi connectivity index (χ0) is 14.7. The van der Waals surface area contributed by atoms with Crippen molar-refractivity contribution in [3.8, 4) is 5.75 Å². The average Bonchev–Trinajstić information content (AvgIpc) is 2.41. The summed E-state index contributed by atoms with van der Waals surface area (Å²) >= 11 is 0. The highest BCUT2D eigenvalue weighted by atomic mass is 19.1. The topological polar surface area (TPSA) is 35.2 Å². The van der Waals surface area contributed by atoms with Gasteiger partial charge in [0.1, 0.15) is 17.7 Å². The third-order valence-corrected chi connectivity index (χ3v) is 3.48. The number of hydrogen-bond acceptors (Lipinski definition) is 2. The van der Waals surface area contributed by atoms with Crippen LogP contribution in [0, 0.1) is 19.7 Å². The highest BCUT2D eigenvalue weighted by Crippen LogP contribution is 2.28. The molecule has 2 rings (SSSR count). The van der Waals surface area contributed by atoms with E-state index in [1.165, 1.54) is 17.7 Å². The Morgan fingerprint density at radius 1 is 1.05 bits per heavy atom. The lowest BCUT2D eigenvalue weighted by Crippen LogP contribution is -2.29. The average molecular weight is 273 g/mol. The monoisotopic (exact) mass is 273 g/mol. The number of aryl methyl sites for hydroxylation is 1. The number of nitrogens with two attached hydrogens (primary N) is 1. The van der Waals surface area contributed by atoms with Crippen LogP contribution in [0.2, 0.25) is 0 Å². The van der Waals surface area contributed by atoms with E-state index in [2.05, 4.69) is 0 Å². The van der Waals surface area contributed by atoms with Crippen molar-refractivity contribution in [2.24, 2.45) is 5.73 Å². The van der Waals surface area contributed by atoms with Gasteiger partial charge in [0.25, 0.3) is 0 Å². The highest BCUT2D eigenvalue weighted by Gasteiger charge is 2.19. The number of benzene rings is 2. The van der Waals surface area contributed by atoms with Gasteiger partial charge in [0.05, 0.1) is 0 Å². The molecule has 0 aromatic heterocycles. The Balaban J connectivity index is 2.30. The Morgan fingerprint density at radius 3 is 2.30 bits per heavy atom. The van der Waals surface area contributed by atoms with Crippen LogP contribution in [0.3, 0.4) is 0 Å². The molecule has 20 heavy (non-hydrogen) atoms. The van der Waals surface area contributed by atoms with E-state index in [1.54, 1.807) is 12.1 Å². The van der Waals surface area contributed by atoms with Gasteiger partial charge in [-0.15, -0.1) is 0 Å². The van der Waals surface area contributed by atoms with Crippen molar-refractivity contribution < 1.29 is 9.13 Å². The van der Waals surface area contributed by atoms with Crippen LogP contribution in [0.5, 0.6) is 5.75 Å². The van der Waals surface area contributed by atoms with Crippen LogP contribution in [0.15, 0.2) is 42.5 Å². The quantitative estimate of drug-likeness (QED) is 0.916. The second-order valence-corrected chi connectivity index (χ2v) is 5.15. The van der Waals surface area contributed by atoms with E-state index in [0.29, 0.717) is 0 Å². The number of ether oxygens (including phenoxy) is 1. The molecule has 2 nitrogen and oxygen atoms in total. The molecule has 0 heterocycles. The van der Waals surface area contributed by atoms with Crippen molar-refractivity contribution in [3.63, 3.8) is 0 Å². The summed E-state index contributed by atoms with van der Waals surface area (Å²) in [6.07, 6.45) is -0.295. The van der Waals surface area contributed by atoms with Crippen LogP contribution in [0.25, 0.3) is 0 Å². The van der Waals surface area contributed by atoms with E-state index >= 15 is 0 Å². The van der Waals surface area contributed by atoms with Crippen LogP contribution in [0.4, 0.5) is 4.39 Å². The highest BCUT2D eigenvalue weighted by molar-refractivity contribution is 5.39. The minimum absolute atomic E-state index is 0.194. The molecule has 2 N–H and O–H groups in total. The zero-order valence-electron chi connectivity index (χ0n) is 12.1. The number of hydrogen-bond donors (Lipinski definition) is 1. The first-order valence-corrected chi connectivity index (χ1v) is 6.73. The lowest BCUT2D eigenvalue weighted by Gasteiger charge is -2.24. The molecule has 0 bridgehead atoms. The molecular formula is C17H20FNO. The summed E-state index contributed by atoms with van der Waals surface area (Å²) in [5.41, 5.74) is 9.17. The molecule has 2 unspecified atom stereocenters. The summed E-state index contributed by atoms with van der Waals surface area (Å²) < 4.78 is 19.1. The molecule has 106 valence electrons. The third-order valence-electron chi connectivity index (χ3n) is 3.48. The largest absolute Gasteiger partial charge is 0.484 e. The summed E-state index contributed by atoms with van der Waals surface area (Å²) in [6.45, 7) is 5.95. The second-order valence-electron chi connectivity index (χ2n) is 5.15. The first-order valence-electron chi connectivity index (χ1n) is 6.73. The summed E-state index contributed by atoms with van der Waals surface area (Å²) in [7, 11) is 0. The fraction of sp³-hybridized carbons (Fsp3) is 0.294. The Morgan fingerprint density at radius 2 is 1.70 bits per heavy atom. The van der Waals surface area contributed by atoms with E-state index in [1.807, 2.05) is 39.0 Å². The maximum atomic E-state index is 13.0. The van der Waals surface area contributed by atoms with Gasteiger partial charge in [-0.1, -0.05) is 24.3 Å². The van der Waals surface area contributed by atoms with Gasteiger partial charge < -0.3 is 10.5 Å². The van der Waals surface area contributed by atoms with Crippen LogP contribution < -0.4 is 10.5 Å². The molecule has 0 spiro atoms. The maximum Gasteiger partial charge on any atom is 0.138 e. The normalized spacial score (nSPS) is 13.8. The van der Waals surface area contributed by atoms with Crippen molar-refractivity contribution in [1.82, 2.24) is 0 Å². The minimum Gasteiger partial charge on any atom is -0.484 e. The molecule has 3 heteroatoms. The molecule has 0 aliphatic carbocycles. The molecule has 0 saturated heterocycles. The summed E-state index contributed by atoms with van der Waals surface area (Å²) in [5.74, 6) is 0.556. The van der Waals surface area contributed by atoms with E-state index in [0.717, 1.165) is 16.9 Å². The zero-order valence-corrected chi connectivity index (χ0v) is 12.1. The second kappa shape index (κ2) is 6.06. The van der Waals surface area contributed by atoms with Crippen molar-refractivity contribution in [2.75, 3.05) is 0 Å². The van der Waals surface area contributed by atoms with Crippen LogP contribution >= 0.6 is 0 Å². The van der Waals surface area contributed by atoms with Gasteiger partial charge in [-0.3, -0.25) is 0 Å². The Kier molecular flexibility index (Phi) is 4.40. The van der Waals surface area contributed by atoms with Gasteiger partial charge in [0.15, 0.2) is 0 Å². The molecular weight excluding hydrogens is 253 g/mol. The van der Waals surface area contributed by atoms with E-state index in [-0.39, 0.29) is 18.0 Å². The summed E-state index contributed by atoms with van der Waals surface area (Å²) in [4.78, 5) is 0. The number of halogens is 1. The van der Waals surface area contributed by atoms with Crippen LogP contribution in [0.1, 0.15) is 29.7 Å². The standard InChI is InChI=1S/C17H20FNO/c1-11-5-4-6-16(12(11)2)20-17(13(3)19)14-7-9-15(18)10-8-14/h4-10,13,17H,19H2,1-3H3. The van der Waals surface area contributed by atoms with Crippen molar-refractivity contribution in [3.05, 3.63) is 65.0 Å². The molecule has 0 radical (unpaired) electrons. The van der Waals surface area contributed by atoms with Gasteiger partial charge in [-0.05, 0) is 55.7 Å². The third kappa shape index (κ3) is 3.17. The van der Waals surface area contributed by atoms with Gasteiger partial charge in [0, 0.05) is 6.04 Å². The van der Waals surface area contributed by atoms with Gasteiger partial charge in [-0.2, -0.15) is 0 Å². The van der Waals surface area contributed by atoms with Gasteiger partial charge in [0.2, 0.25) is 0 Å². The van der Waals surface area contributed by atoms with E-state index in [9.17, 15) is 4.39 Å². The van der Waals surface area contributed by atoms with E-state index in [4.69, 9.17) is 10.5 Å². The maximum absolute atomic E-state index is 13.0. The first-order chi connectivity index (χ1) is 9.49. The molecule has 0 aliphatic heterocycles. The SMILES string of the molecule is Cc1cccc(OC(c2ccc(F)cc2)C(C)N)c1C. The first kappa shape index (κ1) is 14.5. The van der Waals surface area contributed by atoms with Gasteiger partial charge >= 0.3 is 0 Å². The molecule has 0 aliphatic rings. The predicted molar refractivity (Wildman–Crippen MR) is 79.3 cm³/mol. The molecule has 0 amide bonds. The Labute approximate surface area is 119 Å². The molecule has 2 atom stereocenters. The van der Waals surface area contributed by atoms with E-state index < -0.39 is 0 Å². The molecule has 0 saturated carbocycles. The van der Waals surface area contributed by atoms with Crippen molar-refractivity contribution in [2.45, 2.75) is 32.9 Å². The lowest BCUT2D eigenvalue weighted by molar-refractivity contribution is 0.179. The summed E-state index contributed by atoms with van der Waals surface area (Å²) in [5, 5.41) is 0. The fourth-order valence-electron chi connectivity index (χ4n) is 2.12. The van der Waals surface area contributed by atoms with Crippen molar-refractivity contribution >= 4 is 0 Å². The van der Waals surface area contributed by atoms with Crippen LogP contribution in [-0.2, 0) is 0 Å². The van der Waals surface area contributed by atoms with Gasteiger partial charge in [-0.25, -0.2) is 4.39 Å². The Hall–Kier alpha value is -1.87. The summed E-state index contributed by atoms with van der Waals surface area (Å²) in [6, 6.07) is 12.0. The predicted octanol–water partition coefficient (Wildman–Crippen LogP) is 3.91. The molecule has 2 aromatic rings. The lowest BCUT2D eigenvalue weighted by atomic mass is 10.0. The molecule has 2 aromatic carbocycles. The smallest absolute Gasteiger partial charge is 0.138 e. The Bertz CT molecular complexity index is 578. The fourth-order valence-corrected chi connectivity index (χ4v) is 2.12. The molecule has 0 fully saturated rings. The van der Waals surface area contributed by atoms with Crippen LogP contribution in [-0.4, -0.2) is 6.04 Å². The minimum atomic E-state index is -0.295.